The standard InChI is InChI=1S/C20H19N3O7S/c1-4-30-18(24)11-22-15-7-5-12(23(26)27)9-17(15)31-20(22)21-19(25)14-10-13(28-2)6-8-16(14)29-3/h5-10H,4,11H2,1-3H3. The molecular formula is C20H19N3O7S. The zero-order valence-corrected chi connectivity index (χ0v) is 17.8. The molecule has 2 aromatic carbocycles. The molecular weight excluding hydrogens is 426 g/mol. The van der Waals surface area contributed by atoms with Crippen molar-refractivity contribution in [1.82, 2.24) is 4.57 Å². The number of nitro groups is 1. The van der Waals surface area contributed by atoms with Crippen LogP contribution in [0.15, 0.2) is 41.4 Å². The minimum absolute atomic E-state index is 0.107. The molecule has 1 amide bonds. The molecule has 11 heteroatoms. The van der Waals surface area contributed by atoms with Crippen molar-refractivity contribution in [3.63, 3.8) is 0 Å². The lowest BCUT2D eigenvalue weighted by Gasteiger charge is -2.08. The molecule has 1 aromatic heterocycles. The third kappa shape index (κ3) is 4.72. The Morgan fingerprint density at radius 3 is 2.58 bits per heavy atom. The van der Waals surface area contributed by atoms with Gasteiger partial charge in [-0.3, -0.25) is 19.7 Å². The summed E-state index contributed by atoms with van der Waals surface area (Å²) in [5.74, 6) is -0.378. The van der Waals surface area contributed by atoms with E-state index in [2.05, 4.69) is 4.99 Å². The van der Waals surface area contributed by atoms with Crippen molar-refractivity contribution in [3.05, 3.63) is 56.9 Å². The van der Waals surface area contributed by atoms with Crippen LogP contribution in [0.3, 0.4) is 0 Å². The van der Waals surface area contributed by atoms with Crippen LogP contribution in [0.5, 0.6) is 11.5 Å². The van der Waals surface area contributed by atoms with Crippen molar-refractivity contribution in [1.29, 1.82) is 0 Å². The molecule has 0 unspecified atom stereocenters. The molecule has 0 spiro atoms. The number of fused-ring (bicyclic) bond motifs is 1. The van der Waals surface area contributed by atoms with Gasteiger partial charge in [0.05, 0.1) is 41.5 Å². The summed E-state index contributed by atoms with van der Waals surface area (Å²) in [6.07, 6.45) is 0. The van der Waals surface area contributed by atoms with E-state index < -0.39 is 16.8 Å². The van der Waals surface area contributed by atoms with E-state index in [1.54, 1.807) is 19.1 Å². The van der Waals surface area contributed by atoms with E-state index in [-0.39, 0.29) is 29.2 Å². The van der Waals surface area contributed by atoms with Gasteiger partial charge in [-0.05, 0) is 31.2 Å². The van der Waals surface area contributed by atoms with Crippen LogP contribution >= 0.6 is 11.3 Å². The maximum Gasteiger partial charge on any atom is 0.326 e. The van der Waals surface area contributed by atoms with Gasteiger partial charge in [-0.2, -0.15) is 4.99 Å². The molecule has 1 heterocycles. The summed E-state index contributed by atoms with van der Waals surface area (Å²) in [5, 5.41) is 11.1. The number of aromatic nitrogens is 1. The van der Waals surface area contributed by atoms with Gasteiger partial charge < -0.3 is 18.8 Å². The normalized spacial score (nSPS) is 11.4. The van der Waals surface area contributed by atoms with Crippen LogP contribution in [0.25, 0.3) is 10.2 Å². The molecule has 162 valence electrons. The number of amides is 1. The van der Waals surface area contributed by atoms with Gasteiger partial charge in [0.15, 0.2) is 4.80 Å². The number of esters is 1. The van der Waals surface area contributed by atoms with Crippen molar-refractivity contribution in [2.75, 3.05) is 20.8 Å². The minimum Gasteiger partial charge on any atom is -0.497 e. The lowest BCUT2D eigenvalue weighted by atomic mass is 10.2. The van der Waals surface area contributed by atoms with Gasteiger partial charge in [-0.25, -0.2) is 0 Å². The quantitative estimate of drug-likeness (QED) is 0.311. The average Bonchev–Trinajstić information content (AvgIpc) is 3.09. The molecule has 3 aromatic rings. The Morgan fingerprint density at radius 2 is 1.94 bits per heavy atom. The number of nitro benzene ring substituents is 1. The number of hydrogen-bond acceptors (Lipinski definition) is 8. The maximum absolute atomic E-state index is 12.9. The fraction of sp³-hybridized carbons (Fsp3) is 0.250. The Labute approximate surface area is 180 Å². The van der Waals surface area contributed by atoms with E-state index in [4.69, 9.17) is 14.2 Å². The molecule has 31 heavy (non-hydrogen) atoms. The average molecular weight is 445 g/mol. The van der Waals surface area contributed by atoms with Crippen molar-refractivity contribution >= 4 is 39.1 Å². The third-order valence-electron chi connectivity index (χ3n) is 4.30. The van der Waals surface area contributed by atoms with E-state index in [0.717, 1.165) is 11.3 Å². The largest absolute Gasteiger partial charge is 0.497 e. The molecule has 0 radical (unpaired) electrons. The summed E-state index contributed by atoms with van der Waals surface area (Å²) in [4.78, 5) is 40.0. The van der Waals surface area contributed by atoms with Crippen molar-refractivity contribution in [2.24, 2.45) is 4.99 Å². The minimum atomic E-state index is -0.616. The summed E-state index contributed by atoms with van der Waals surface area (Å²) in [6.45, 7) is 1.67. The molecule has 0 saturated carbocycles. The Kier molecular flexibility index (Phi) is 6.65. The summed E-state index contributed by atoms with van der Waals surface area (Å²) < 4.78 is 17.4. The highest BCUT2D eigenvalue weighted by Crippen LogP contribution is 2.26. The molecule has 0 aliphatic heterocycles. The first kappa shape index (κ1) is 22.0. The van der Waals surface area contributed by atoms with Crippen molar-refractivity contribution < 1.29 is 28.7 Å². The summed E-state index contributed by atoms with van der Waals surface area (Å²) in [6, 6.07) is 8.94. The zero-order chi connectivity index (χ0) is 22.5. The molecule has 0 bridgehead atoms. The van der Waals surface area contributed by atoms with E-state index in [0.29, 0.717) is 21.7 Å². The number of carbonyl (C=O) groups is 2. The van der Waals surface area contributed by atoms with Crippen LogP contribution in [-0.4, -0.2) is 42.2 Å². The lowest BCUT2D eigenvalue weighted by molar-refractivity contribution is -0.384. The van der Waals surface area contributed by atoms with Crippen LogP contribution < -0.4 is 14.3 Å². The SMILES string of the molecule is CCOC(=O)Cn1c(=NC(=O)c2cc(OC)ccc2OC)sc2cc([N+](=O)[O-])ccc21. The van der Waals surface area contributed by atoms with Gasteiger partial charge in [0, 0.05) is 12.1 Å². The van der Waals surface area contributed by atoms with Crippen molar-refractivity contribution in [3.8, 4) is 11.5 Å². The fourth-order valence-corrected chi connectivity index (χ4v) is 3.94. The first-order chi connectivity index (χ1) is 14.9. The van der Waals surface area contributed by atoms with E-state index >= 15 is 0 Å². The summed E-state index contributed by atoms with van der Waals surface area (Å²) in [5.41, 5.74) is 0.588. The van der Waals surface area contributed by atoms with E-state index in [9.17, 15) is 19.7 Å². The molecule has 3 rings (SSSR count). The van der Waals surface area contributed by atoms with Crippen molar-refractivity contribution in [2.45, 2.75) is 13.5 Å². The van der Waals surface area contributed by atoms with E-state index in [1.165, 1.54) is 43.1 Å². The topological polar surface area (TPSA) is 122 Å². The van der Waals surface area contributed by atoms with Gasteiger partial charge >= 0.3 is 5.97 Å². The number of methoxy groups -OCH3 is 2. The molecule has 10 nitrogen and oxygen atoms in total. The highest BCUT2D eigenvalue weighted by Gasteiger charge is 2.17. The Balaban J connectivity index is 2.17. The second-order valence-corrected chi connectivity index (χ2v) is 7.18. The van der Waals surface area contributed by atoms with Crippen LogP contribution in [0.4, 0.5) is 5.69 Å². The second kappa shape index (κ2) is 9.39. The summed E-state index contributed by atoms with van der Waals surface area (Å²) >= 11 is 1.05. The Hall–Kier alpha value is -3.73. The number of thiazole rings is 1. The van der Waals surface area contributed by atoms with Crippen LogP contribution in [0, 0.1) is 10.1 Å². The van der Waals surface area contributed by atoms with Gasteiger partial charge in [0.1, 0.15) is 18.0 Å². The summed E-state index contributed by atoms with van der Waals surface area (Å²) in [7, 11) is 2.90. The maximum atomic E-state index is 12.9. The number of benzene rings is 2. The van der Waals surface area contributed by atoms with Gasteiger partial charge in [0.2, 0.25) is 0 Å². The number of non-ortho nitro benzene ring substituents is 1. The first-order valence-corrected chi connectivity index (χ1v) is 9.94. The number of ether oxygens (including phenoxy) is 3. The molecule has 0 aliphatic carbocycles. The van der Waals surface area contributed by atoms with Crippen LogP contribution in [-0.2, 0) is 16.1 Å². The number of nitrogens with zero attached hydrogens (tertiary/aromatic N) is 3. The van der Waals surface area contributed by atoms with E-state index in [1.807, 2.05) is 0 Å². The van der Waals surface area contributed by atoms with Gasteiger partial charge in [-0.1, -0.05) is 11.3 Å². The second-order valence-electron chi connectivity index (χ2n) is 6.17. The molecule has 0 saturated heterocycles. The Bertz CT molecular complexity index is 1230. The first-order valence-electron chi connectivity index (χ1n) is 9.12. The monoisotopic (exact) mass is 445 g/mol. The number of carbonyl (C=O) groups excluding carboxylic acids is 2. The van der Waals surface area contributed by atoms with Crippen LogP contribution in [0.2, 0.25) is 0 Å². The number of rotatable bonds is 7. The fourth-order valence-electron chi connectivity index (χ4n) is 2.88. The lowest BCUT2D eigenvalue weighted by Crippen LogP contribution is -2.23. The molecule has 0 fully saturated rings. The van der Waals surface area contributed by atoms with Gasteiger partial charge in [-0.15, -0.1) is 0 Å². The smallest absolute Gasteiger partial charge is 0.326 e. The third-order valence-corrected chi connectivity index (χ3v) is 5.35. The predicted molar refractivity (Wildman–Crippen MR) is 113 cm³/mol. The van der Waals surface area contributed by atoms with Crippen LogP contribution in [0.1, 0.15) is 17.3 Å². The highest BCUT2D eigenvalue weighted by atomic mass is 32.1. The Morgan fingerprint density at radius 1 is 1.16 bits per heavy atom. The molecule has 0 N–H and O–H groups in total. The number of hydrogen-bond donors (Lipinski definition) is 0. The van der Waals surface area contributed by atoms with Gasteiger partial charge in [0.25, 0.3) is 11.6 Å². The highest BCUT2D eigenvalue weighted by molar-refractivity contribution is 7.16. The zero-order valence-electron chi connectivity index (χ0n) is 17.0. The molecule has 0 atom stereocenters. The predicted octanol–water partition coefficient (Wildman–Crippen LogP) is 2.93. The molecule has 0 aliphatic rings.